The number of aryl methyl sites for hydroxylation is 1. The van der Waals surface area contributed by atoms with E-state index in [0.717, 1.165) is 59.5 Å². The molecule has 2 aromatic rings. The van der Waals surface area contributed by atoms with Crippen LogP contribution >= 0.6 is 11.8 Å². The number of benzene rings is 1. The van der Waals surface area contributed by atoms with Crippen molar-refractivity contribution in [1.82, 2.24) is 14.8 Å². The number of piperazine rings is 1. The minimum absolute atomic E-state index is 0.193. The number of para-hydroxylation sites is 1. The van der Waals surface area contributed by atoms with E-state index in [-0.39, 0.29) is 5.91 Å². The van der Waals surface area contributed by atoms with Gasteiger partial charge in [0.1, 0.15) is 17.1 Å². The van der Waals surface area contributed by atoms with E-state index in [1.54, 1.807) is 18.9 Å². The van der Waals surface area contributed by atoms with Gasteiger partial charge in [-0.2, -0.15) is 0 Å². The van der Waals surface area contributed by atoms with Gasteiger partial charge in [0.15, 0.2) is 5.17 Å². The second-order valence-electron chi connectivity index (χ2n) is 7.74. The van der Waals surface area contributed by atoms with Crippen LogP contribution in [0.2, 0.25) is 0 Å². The maximum Gasteiger partial charge on any atom is 0.228 e. The van der Waals surface area contributed by atoms with Gasteiger partial charge >= 0.3 is 0 Å². The summed E-state index contributed by atoms with van der Waals surface area (Å²) in [6.45, 7) is 6.82. The van der Waals surface area contributed by atoms with Crippen LogP contribution in [0.25, 0.3) is 10.9 Å². The first-order valence-corrected chi connectivity index (χ1v) is 11.2. The summed E-state index contributed by atoms with van der Waals surface area (Å²) in [5.41, 5.74) is 3.16. The Morgan fingerprint density at radius 2 is 2.03 bits per heavy atom. The van der Waals surface area contributed by atoms with Crippen LogP contribution < -0.4 is 9.64 Å². The fraction of sp³-hybridized carbons (Fsp3) is 0.409. The Morgan fingerprint density at radius 1 is 1.20 bits per heavy atom. The summed E-state index contributed by atoms with van der Waals surface area (Å²) in [4.78, 5) is 28.6. The minimum atomic E-state index is 0.193. The van der Waals surface area contributed by atoms with E-state index in [4.69, 9.17) is 9.72 Å². The van der Waals surface area contributed by atoms with Crippen LogP contribution in [0.3, 0.4) is 0 Å². The number of hydrogen-bond donors (Lipinski definition) is 0. The first kappa shape index (κ1) is 19.2. The highest BCUT2D eigenvalue weighted by Crippen LogP contribution is 2.32. The summed E-state index contributed by atoms with van der Waals surface area (Å²) in [6, 6.07) is 8.15. The zero-order chi connectivity index (χ0) is 20.7. The number of amides is 1. The van der Waals surface area contributed by atoms with Crippen LogP contribution in [0.1, 0.15) is 12.0 Å². The molecule has 3 aliphatic rings. The molecule has 0 saturated carbocycles. The van der Waals surface area contributed by atoms with Crippen molar-refractivity contribution in [2.24, 2.45) is 4.99 Å². The second-order valence-corrected chi connectivity index (χ2v) is 8.58. The van der Waals surface area contributed by atoms with Crippen molar-refractivity contribution in [1.29, 1.82) is 0 Å². The first-order valence-electron chi connectivity index (χ1n) is 10.3. The third-order valence-electron chi connectivity index (χ3n) is 5.95. The zero-order valence-corrected chi connectivity index (χ0v) is 18.1. The number of nitrogens with zero attached hydrogens (tertiary/aromatic N) is 5. The largest absolute Gasteiger partial charge is 0.494 e. The molecule has 156 valence electrons. The van der Waals surface area contributed by atoms with Crippen LogP contribution in [-0.2, 0) is 4.79 Å². The van der Waals surface area contributed by atoms with Crippen molar-refractivity contribution in [3.8, 4) is 5.75 Å². The Bertz CT molecular complexity index is 1060. The zero-order valence-electron chi connectivity index (χ0n) is 17.3. The highest BCUT2D eigenvalue weighted by atomic mass is 32.2. The number of methoxy groups -OCH3 is 1. The Balaban J connectivity index is 1.26. The molecule has 7 nitrogen and oxygen atoms in total. The molecular weight excluding hydrogens is 398 g/mol. The average molecular weight is 424 g/mol. The van der Waals surface area contributed by atoms with Crippen molar-refractivity contribution in [3.05, 3.63) is 40.9 Å². The molecule has 3 aliphatic heterocycles. The monoisotopic (exact) mass is 423 g/mol. The number of aliphatic imine (C=N–C) groups is 1. The molecule has 1 saturated heterocycles. The maximum atomic E-state index is 12.9. The molecule has 1 amide bonds. The quantitative estimate of drug-likeness (QED) is 0.754. The number of amidine groups is 1. The Labute approximate surface area is 180 Å². The normalized spacial score (nSPS) is 18.5. The highest BCUT2D eigenvalue weighted by molar-refractivity contribution is 8.16. The topological polar surface area (TPSA) is 61.3 Å². The lowest BCUT2D eigenvalue weighted by Gasteiger charge is -2.36. The number of pyridine rings is 1. The van der Waals surface area contributed by atoms with Crippen molar-refractivity contribution in [2.75, 3.05) is 51.3 Å². The molecule has 30 heavy (non-hydrogen) atoms. The fourth-order valence-corrected chi connectivity index (χ4v) is 5.22. The molecule has 5 rings (SSSR count). The summed E-state index contributed by atoms with van der Waals surface area (Å²) in [5.74, 6) is 1.93. The predicted octanol–water partition coefficient (Wildman–Crippen LogP) is 2.85. The lowest BCUT2D eigenvalue weighted by atomic mass is 10.1. The van der Waals surface area contributed by atoms with Gasteiger partial charge < -0.3 is 19.4 Å². The van der Waals surface area contributed by atoms with Gasteiger partial charge in [-0.25, -0.2) is 4.98 Å². The number of carbonyl (C=O) groups excluding carboxylic acids is 1. The first-order chi connectivity index (χ1) is 14.6. The van der Waals surface area contributed by atoms with E-state index in [0.29, 0.717) is 19.5 Å². The Hall–Kier alpha value is -2.74. The molecule has 0 unspecified atom stereocenters. The third kappa shape index (κ3) is 3.39. The van der Waals surface area contributed by atoms with Crippen LogP contribution in [0.4, 0.5) is 5.82 Å². The van der Waals surface area contributed by atoms with E-state index in [1.807, 2.05) is 17.0 Å². The average Bonchev–Trinajstić information content (AvgIpc) is 3.38. The van der Waals surface area contributed by atoms with Crippen molar-refractivity contribution >= 4 is 39.6 Å². The summed E-state index contributed by atoms with van der Waals surface area (Å²) in [7, 11) is 1.68. The van der Waals surface area contributed by atoms with E-state index in [9.17, 15) is 4.79 Å². The lowest BCUT2D eigenvalue weighted by Crippen LogP contribution is -2.49. The molecule has 1 fully saturated rings. The molecule has 0 N–H and O–H groups in total. The molecule has 0 radical (unpaired) electrons. The van der Waals surface area contributed by atoms with Crippen molar-refractivity contribution < 1.29 is 9.53 Å². The fourth-order valence-electron chi connectivity index (χ4n) is 4.27. The molecule has 4 heterocycles. The molecular formula is C22H25N5O2S. The van der Waals surface area contributed by atoms with Gasteiger partial charge in [-0.3, -0.25) is 9.79 Å². The Morgan fingerprint density at radius 3 is 2.83 bits per heavy atom. The van der Waals surface area contributed by atoms with Gasteiger partial charge in [0, 0.05) is 43.8 Å². The van der Waals surface area contributed by atoms with Crippen molar-refractivity contribution in [2.45, 2.75) is 13.3 Å². The molecule has 0 atom stereocenters. The van der Waals surface area contributed by atoms with E-state index in [1.165, 1.54) is 5.56 Å². The van der Waals surface area contributed by atoms with E-state index in [2.05, 4.69) is 39.3 Å². The SMILES string of the molecule is COc1cccc2c(C)cc(N3CCN(C(=O)CC4=CSC5=NCCN45)CC3)nc12. The molecule has 0 bridgehead atoms. The van der Waals surface area contributed by atoms with Crippen LogP contribution in [0, 0.1) is 6.92 Å². The smallest absolute Gasteiger partial charge is 0.228 e. The lowest BCUT2D eigenvalue weighted by molar-refractivity contribution is -0.130. The summed E-state index contributed by atoms with van der Waals surface area (Å²) >= 11 is 1.63. The summed E-state index contributed by atoms with van der Waals surface area (Å²) < 4.78 is 5.51. The molecule has 1 aromatic carbocycles. The van der Waals surface area contributed by atoms with Gasteiger partial charge in [0.2, 0.25) is 5.91 Å². The number of fused-ring (bicyclic) bond motifs is 2. The number of carbonyl (C=O) groups is 1. The number of anilines is 1. The van der Waals surface area contributed by atoms with Gasteiger partial charge in [-0.1, -0.05) is 23.9 Å². The number of ether oxygens (including phenoxy) is 1. The second kappa shape index (κ2) is 7.83. The molecule has 0 aliphatic carbocycles. The molecule has 0 spiro atoms. The molecule has 1 aromatic heterocycles. The van der Waals surface area contributed by atoms with E-state index < -0.39 is 0 Å². The van der Waals surface area contributed by atoms with Crippen molar-refractivity contribution in [3.63, 3.8) is 0 Å². The van der Waals surface area contributed by atoms with Crippen LogP contribution in [0.5, 0.6) is 5.75 Å². The standard InChI is InChI=1S/C22H25N5O2S/c1-15-12-19(24-21-17(15)4-3-5-18(21)29-2)25-8-10-26(11-9-25)20(28)13-16-14-30-22-23-6-7-27(16)22/h3-5,12,14H,6-11,13H2,1-2H3. The number of thioether (sulfide) groups is 1. The third-order valence-corrected chi connectivity index (χ3v) is 6.90. The Kier molecular flexibility index (Phi) is 5.02. The maximum absolute atomic E-state index is 12.9. The highest BCUT2D eigenvalue weighted by Gasteiger charge is 2.30. The summed E-state index contributed by atoms with van der Waals surface area (Å²) in [5, 5.41) is 4.22. The molecule has 8 heteroatoms. The number of aromatic nitrogens is 1. The number of hydrogen-bond acceptors (Lipinski definition) is 7. The predicted molar refractivity (Wildman–Crippen MR) is 121 cm³/mol. The van der Waals surface area contributed by atoms with Gasteiger partial charge in [0.25, 0.3) is 0 Å². The van der Waals surface area contributed by atoms with Gasteiger partial charge in [-0.15, -0.1) is 0 Å². The number of rotatable bonds is 4. The van der Waals surface area contributed by atoms with Gasteiger partial charge in [-0.05, 0) is 30.0 Å². The minimum Gasteiger partial charge on any atom is -0.494 e. The van der Waals surface area contributed by atoms with Gasteiger partial charge in [0.05, 0.1) is 20.1 Å². The summed E-state index contributed by atoms with van der Waals surface area (Å²) in [6.07, 6.45) is 0.455. The van der Waals surface area contributed by atoms with Crippen LogP contribution in [0.15, 0.2) is 40.4 Å². The van der Waals surface area contributed by atoms with Crippen LogP contribution in [-0.4, -0.2) is 72.2 Å². The van der Waals surface area contributed by atoms with E-state index >= 15 is 0 Å².